The van der Waals surface area contributed by atoms with Crippen LogP contribution in [-0.4, -0.2) is 21.8 Å². The van der Waals surface area contributed by atoms with Crippen LogP contribution in [0.25, 0.3) is 16.7 Å². The molecular formula is C16H16N2O2. The molecule has 1 aromatic heterocycles. The molecule has 4 heteroatoms. The van der Waals surface area contributed by atoms with E-state index in [1.165, 1.54) is 0 Å². The summed E-state index contributed by atoms with van der Waals surface area (Å²) in [5, 5.41) is 10.1. The monoisotopic (exact) mass is 268 g/mol. The highest BCUT2D eigenvalue weighted by Gasteiger charge is 2.16. The minimum absolute atomic E-state index is 0.623. The summed E-state index contributed by atoms with van der Waals surface area (Å²) in [6, 6.07) is 13.6. The SMILES string of the molecule is COc1cccc(-n2cnc3ccccc32)c1C(C)O. The Hall–Kier alpha value is -2.33. The number of aliphatic hydroxyl groups excluding tert-OH is 1. The van der Waals surface area contributed by atoms with Crippen molar-refractivity contribution in [2.24, 2.45) is 0 Å². The third kappa shape index (κ3) is 1.94. The Balaban J connectivity index is 2.29. The zero-order valence-electron chi connectivity index (χ0n) is 11.4. The first-order valence-corrected chi connectivity index (χ1v) is 6.50. The molecular weight excluding hydrogens is 252 g/mol. The van der Waals surface area contributed by atoms with E-state index in [2.05, 4.69) is 4.98 Å². The van der Waals surface area contributed by atoms with Gasteiger partial charge in [0.2, 0.25) is 0 Å². The topological polar surface area (TPSA) is 47.3 Å². The minimum Gasteiger partial charge on any atom is -0.496 e. The molecule has 0 fully saturated rings. The van der Waals surface area contributed by atoms with E-state index in [1.54, 1.807) is 20.4 Å². The molecule has 1 atom stereocenters. The number of rotatable bonds is 3. The first kappa shape index (κ1) is 12.7. The number of para-hydroxylation sites is 2. The maximum Gasteiger partial charge on any atom is 0.126 e. The number of hydrogen-bond donors (Lipinski definition) is 1. The van der Waals surface area contributed by atoms with Crippen LogP contribution in [0.4, 0.5) is 0 Å². The Bertz CT molecular complexity index is 747. The van der Waals surface area contributed by atoms with Crippen LogP contribution in [0.15, 0.2) is 48.8 Å². The fourth-order valence-electron chi connectivity index (χ4n) is 2.49. The summed E-state index contributed by atoms with van der Waals surface area (Å²) < 4.78 is 7.34. The molecule has 1 heterocycles. The van der Waals surface area contributed by atoms with Crippen molar-refractivity contribution in [3.63, 3.8) is 0 Å². The van der Waals surface area contributed by atoms with Gasteiger partial charge in [-0.25, -0.2) is 4.98 Å². The summed E-state index contributed by atoms with van der Waals surface area (Å²) in [4.78, 5) is 4.39. The zero-order valence-corrected chi connectivity index (χ0v) is 11.4. The molecule has 0 aliphatic heterocycles. The smallest absolute Gasteiger partial charge is 0.126 e. The third-order valence-electron chi connectivity index (χ3n) is 3.39. The highest BCUT2D eigenvalue weighted by Crippen LogP contribution is 2.32. The van der Waals surface area contributed by atoms with Crippen LogP contribution in [0.5, 0.6) is 5.75 Å². The van der Waals surface area contributed by atoms with E-state index in [4.69, 9.17) is 4.74 Å². The standard InChI is InChI=1S/C16H16N2O2/c1-11(19)16-14(8-5-9-15(16)20-2)18-10-17-12-6-3-4-7-13(12)18/h3-11,19H,1-2H3. The molecule has 1 N–H and O–H groups in total. The van der Waals surface area contributed by atoms with Gasteiger partial charge in [-0.1, -0.05) is 18.2 Å². The number of imidazole rings is 1. The third-order valence-corrected chi connectivity index (χ3v) is 3.39. The van der Waals surface area contributed by atoms with Gasteiger partial charge in [-0.2, -0.15) is 0 Å². The van der Waals surface area contributed by atoms with Gasteiger partial charge in [0.1, 0.15) is 12.1 Å². The molecule has 0 aliphatic carbocycles. The molecule has 2 aromatic carbocycles. The molecule has 0 radical (unpaired) electrons. The zero-order chi connectivity index (χ0) is 14.1. The van der Waals surface area contributed by atoms with Crippen molar-refractivity contribution in [3.05, 3.63) is 54.4 Å². The van der Waals surface area contributed by atoms with Crippen molar-refractivity contribution in [1.82, 2.24) is 9.55 Å². The molecule has 3 aromatic rings. The Morgan fingerprint density at radius 3 is 2.70 bits per heavy atom. The van der Waals surface area contributed by atoms with Gasteiger partial charge < -0.3 is 9.84 Å². The lowest BCUT2D eigenvalue weighted by Gasteiger charge is -2.17. The summed E-state index contributed by atoms with van der Waals surface area (Å²) in [5.74, 6) is 0.676. The van der Waals surface area contributed by atoms with Gasteiger partial charge in [0.25, 0.3) is 0 Å². The van der Waals surface area contributed by atoms with E-state index in [0.717, 1.165) is 22.3 Å². The van der Waals surface area contributed by atoms with Gasteiger partial charge in [-0.15, -0.1) is 0 Å². The lowest BCUT2D eigenvalue weighted by Crippen LogP contribution is -2.04. The largest absolute Gasteiger partial charge is 0.496 e. The molecule has 4 nitrogen and oxygen atoms in total. The summed E-state index contributed by atoms with van der Waals surface area (Å²) in [6.07, 6.45) is 1.15. The fraction of sp³-hybridized carbons (Fsp3) is 0.188. The van der Waals surface area contributed by atoms with Crippen molar-refractivity contribution >= 4 is 11.0 Å². The maximum atomic E-state index is 10.1. The summed E-state index contributed by atoms with van der Waals surface area (Å²) >= 11 is 0. The van der Waals surface area contributed by atoms with E-state index >= 15 is 0 Å². The van der Waals surface area contributed by atoms with E-state index in [1.807, 2.05) is 47.0 Å². The van der Waals surface area contributed by atoms with Crippen molar-refractivity contribution < 1.29 is 9.84 Å². The quantitative estimate of drug-likeness (QED) is 0.794. The number of fused-ring (bicyclic) bond motifs is 1. The number of hydrogen-bond acceptors (Lipinski definition) is 3. The van der Waals surface area contributed by atoms with Gasteiger partial charge in [0, 0.05) is 5.56 Å². The van der Waals surface area contributed by atoms with E-state index in [0.29, 0.717) is 5.75 Å². The predicted octanol–water partition coefficient (Wildman–Crippen LogP) is 3.09. The van der Waals surface area contributed by atoms with Crippen LogP contribution < -0.4 is 4.74 Å². The van der Waals surface area contributed by atoms with E-state index in [9.17, 15) is 5.11 Å². The second kappa shape index (κ2) is 4.98. The second-order valence-corrected chi connectivity index (χ2v) is 4.67. The van der Waals surface area contributed by atoms with Crippen molar-refractivity contribution in [2.75, 3.05) is 7.11 Å². The Kier molecular flexibility index (Phi) is 3.16. The molecule has 3 rings (SSSR count). The predicted molar refractivity (Wildman–Crippen MR) is 78.3 cm³/mol. The summed E-state index contributed by atoms with van der Waals surface area (Å²) in [7, 11) is 1.61. The van der Waals surface area contributed by atoms with E-state index in [-0.39, 0.29) is 0 Å². The Morgan fingerprint density at radius 2 is 1.95 bits per heavy atom. The van der Waals surface area contributed by atoms with Crippen LogP contribution in [0.2, 0.25) is 0 Å². The molecule has 102 valence electrons. The van der Waals surface area contributed by atoms with E-state index < -0.39 is 6.10 Å². The highest BCUT2D eigenvalue weighted by molar-refractivity contribution is 5.77. The fourth-order valence-corrected chi connectivity index (χ4v) is 2.49. The van der Waals surface area contributed by atoms with Gasteiger partial charge in [0.15, 0.2) is 0 Å². The lowest BCUT2D eigenvalue weighted by molar-refractivity contribution is 0.194. The van der Waals surface area contributed by atoms with Crippen LogP contribution >= 0.6 is 0 Å². The molecule has 0 bridgehead atoms. The number of methoxy groups -OCH3 is 1. The molecule has 20 heavy (non-hydrogen) atoms. The van der Waals surface area contributed by atoms with Gasteiger partial charge >= 0.3 is 0 Å². The highest BCUT2D eigenvalue weighted by atomic mass is 16.5. The van der Waals surface area contributed by atoms with Crippen molar-refractivity contribution in [3.8, 4) is 11.4 Å². The average Bonchev–Trinajstić information content (AvgIpc) is 2.90. The van der Waals surface area contributed by atoms with Crippen molar-refractivity contribution in [1.29, 1.82) is 0 Å². The lowest BCUT2D eigenvalue weighted by atomic mass is 10.1. The Labute approximate surface area is 117 Å². The molecule has 1 unspecified atom stereocenters. The molecule has 0 aliphatic rings. The van der Waals surface area contributed by atoms with Crippen LogP contribution in [-0.2, 0) is 0 Å². The van der Waals surface area contributed by atoms with Crippen molar-refractivity contribution in [2.45, 2.75) is 13.0 Å². The number of aliphatic hydroxyl groups is 1. The number of benzene rings is 2. The normalized spacial score (nSPS) is 12.6. The van der Waals surface area contributed by atoms with Crippen LogP contribution in [0, 0.1) is 0 Å². The van der Waals surface area contributed by atoms with Crippen LogP contribution in [0.1, 0.15) is 18.6 Å². The molecule has 0 spiro atoms. The first-order chi connectivity index (χ1) is 9.72. The molecule has 0 saturated carbocycles. The second-order valence-electron chi connectivity index (χ2n) is 4.67. The van der Waals surface area contributed by atoms with Crippen LogP contribution in [0.3, 0.4) is 0 Å². The van der Waals surface area contributed by atoms with Gasteiger partial charge in [0.05, 0.1) is 29.9 Å². The maximum absolute atomic E-state index is 10.1. The molecule has 0 amide bonds. The minimum atomic E-state index is -0.623. The summed E-state index contributed by atoms with van der Waals surface area (Å²) in [6.45, 7) is 1.74. The van der Waals surface area contributed by atoms with Gasteiger partial charge in [-0.05, 0) is 31.2 Å². The average molecular weight is 268 g/mol. The number of aromatic nitrogens is 2. The molecule has 0 saturated heterocycles. The number of nitrogens with zero attached hydrogens (tertiary/aromatic N) is 2. The Morgan fingerprint density at radius 1 is 1.15 bits per heavy atom. The number of ether oxygens (including phenoxy) is 1. The summed E-state index contributed by atoms with van der Waals surface area (Å²) in [5.41, 5.74) is 3.57. The first-order valence-electron chi connectivity index (χ1n) is 6.50. The van der Waals surface area contributed by atoms with Gasteiger partial charge in [-0.3, -0.25) is 4.57 Å².